The molecule has 4 atom stereocenters. The number of halogens is 9. The van der Waals surface area contributed by atoms with Crippen molar-refractivity contribution >= 4 is 113 Å². The molecule has 4 N–H and O–H groups in total. The minimum absolute atomic E-state index is 0. The van der Waals surface area contributed by atoms with Crippen molar-refractivity contribution in [1.82, 2.24) is 39.1 Å². The molecule has 0 radical (unpaired) electrons. The molecular weight excluding hydrogens is 1480 g/mol. The van der Waals surface area contributed by atoms with Crippen LogP contribution in [0, 0.1) is 52.9 Å². The first kappa shape index (κ1) is 84.8. The summed E-state index contributed by atoms with van der Waals surface area (Å²) in [5, 5.41) is 63.6. The van der Waals surface area contributed by atoms with E-state index in [9.17, 15) is 70.3 Å². The summed E-state index contributed by atoms with van der Waals surface area (Å²) in [6, 6.07) is 37.2. The molecule has 8 aromatic carbocycles. The van der Waals surface area contributed by atoms with Gasteiger partial charge in [-0.25, -0.2) is 23.8 Å². The van der Waals surface area contributed by atoms with Crippen molar-refractivity contribution in [2.24, 2.45) is 0 Å². The summed E-state index contributed by atoms with van der Waals surface area (Å²) < 4.78 is 97.9. The molecule has 12 rings (SSSR count). The van der Waals surface area contributed by atoms with Crippen molar-refractivity contribution in [1.29, 1.82) is 0 Å². The van der Waals surface area contributed by atoms with Crippen molar-refractivity contribution in [3.05, 3.63) is 282 Å². The van der Waals surface area contributed by atoms with E-state index in [4.69, 9.17) is 49.5 Å². The molecule has 572 valence electrons. The Morgan fingerprint density at radius 3 is 1.06 bits per heavy atom. The van der Waals surface area contributed by atoms with E-state index in [0.717, 1.165) is 73.7 Å². The molecule has 0 fully saturated rings. The Balaban J connectivity index is 0.000000186. The van der Waals surface area contributed by atoms with E-state index in [-0.39, 0.29) is 69.1 Å². The number of hydrogen-bond donors (Lipinski definition) is 4. The minimum Gasteiger partial charge on any atom is -0.380 e. The van der Waals surface area contributed by atoms with E-state index < -0.39 is 87.5 Å². The first-order chi connectivity index (χ1) is 51.6. The van der Waals surface area contributed by atoms with E-state index in [2.05, 4.69) is 39.8 Å². The summed E-state index contributed by atoms with van der Waals surface area (Å²) in [6.07, 6.45) is -3.57. The minimum atomic E-state index is -4.73. The SMILES string of the molecule is C.[C-]#[N+]c1ccc(CC(=O)[C@@](C)(O)Cn2cc3cc(C)ccc3n2)cc1Cl.[C-]#[N+]c1ccc(CC(=O)[C@@](C)(O)Cn2cc3cc(F)ccc3n2)cc1C(F)(F)F.[C-]#[N+]c1ccc(CC(=O)[C@@](C)(O)Cn2ncc3cc(C)ccc32)cc1C(F)(F)F.[C-]#[N+]c1ccc(CC(=O)[C@@](C)(O)Cn2ncc3cc(C)ccc32)cc1Cl. The van der Waals surface area contributed by atoms with Gasteiger partial charge in [0, 0.05) is 69.7 Å². The molecular formula is C82H73Cl2F7N12O8. The zero-order valence-electron chi connectivity index (χ0n) is 60.0. The molecule has 0 amide bonds. The third-order valence-electron chi connectivity index (χ3n) is 17.8. The van der Waals surface area contributed by atoms with Crippen LogP contribution in [0.5, 0.6) is 0 Å². The van der Waals surface area contributed by atoms with Gasteiger partial charge in [0.2, 0.25) is 11.4 Å². The second-order valence-corrected chi connectivity index (χ2v) is 28.2. The zero-order chi connectivity index (χ0) is 80.6. The molecule has 20 nitrogen and oxygen atoms in total. The maximum atomic E-state index is 13.3. The average Bonchev–Trinajstić information content (AvgIpc) is 1.75. The molecule has 4 aromatic heterocycles. The third-order valence-corrected chi connectivity index (χ3v) is 18.4. The van der Waals surface area contributed by atoms with Crippen molar-refractivity contribution < 1.29 is 70.3 Å². The average molecular weight is 1560 g/mol. The summed E-state index contributed by atoms with van der Waals surface area (Å²) in [4.78, 5) is 62.7. The zero-order valence-corrected chi connectivity index (χ0v) is 61.5. The van der Waals surface area contributed by atoms with Gasteiger partial charge in [-0.2, -0.15) is 46.7 Å². The molecule has 0 aliphatic rings. The van der Waals surface area contributed by atoms with Gasteiger partial charge in [-0.15, -0.1) is 0 Å². The Kier molecular flexibility index (Phi) is 26.3. The van der Waals surface area contributed by atoms with Gasteiger partial charge >= 0.3 is 12.4 Å². The van der Waals surface area contributed by atoms with Gasteiger partial charge in [-0.3, -0.25) is 37.9 Å². The van der Waals surface area contributed by atoms with E-state index >= 15 is 0 Å². The van der Waals surface area contributed by atoms with Crippen molar-refractivity contribution in [3.63, 3.8) is 0 Å². The lowest BCUT2D eigenvalue weighted by molar-refractivity contribution is -0.138. The number of hydrogen-bond acceptors (Lipinski definition) is 12. The summed E-state index contributed by atoms with van der Waals surface area (Å²) in [6.45, 7) is 38.9. The van der Waals surface area contributed by atoms with Gasteiger partial charge in [0.05, 0.1) is 98.1 Å². The largest absolute Gasteiger partial charge is 0.407 e. The Bertz CT molecular complexity index is 5690. The van der Waals surface area contributed by atoms with Crippen LogP contribution in [0.1, 0.15) is 85.2 Å². The molecule has 0 saturated heterocycles. The van der Waals surface area contributed by atoms with E-state index in [1.807, 2.05) is 81.6 Å². The molecule has 0 saturated carbocycles. The lowest BCUT2D eigenvalue weighted by Crippen LogP contribution is -2.41. The van der Waals surface area contributed by atoms with Crippen LogP contribution in [-0.4, -0.2) is 105 Å². The van der Waals surface area contributed by atoms with Gasteiger partial charge in [0.25, 0.3) is 0 Å². The predicted octanol–water partition coefficient (Wildman–Crippen LogP) is 17.6. The fraction of sp³-hybridized carbons (Fsp3) is 0.268. The highest BCUT2D eigenvalue weighted by Crippen LogP contribution is 2.39. The summed E-state index contributed by atoms with van der Waals surface area (Å²) in [7, 11) is 0. The molecule has 0 bridgehead atoms. The molecule has 29 heteroatoms. The number of Topliss-reactive ketones (excluding diaryl/α,β-unsaturated/α-hetero) is 4. The number of carbonyl (C=O) groups excluding carboxylic acids is 4. The van der Waals surface area contributed by atoms with Crippen molar-refractivity contribution in [3.8, 4) is 0 Å². The van der Waals surface area contributed by atoms with Crippen LogP contribution in [0.15, 0.2) is 170 Å². The Morgan fingerprint density at radius 1 is 0.414 bits per heavy atom. The lowest BCUT2D eigenvalue weighted by atomic mass is 9.94. The maximum Gasteiger partial charge on any atom is 0.407 e. The number of rotatable bonds is 20. The first-order valence-corrected chi connectivity index (χ1v) is 34.3. The normalized spacial score (nSPS) is 13.5. The molecule has 0 unspecified atom stereocenters. The Labute approximate surface area is 643 Å². The smallest absolute Gasteiger partial charge is 0.380 e. The topological polar surface area (TPSA) is 238 Å². The summed E-state index contributed by atoms with van der Waals surface area (Å²) in [5.41, 5.74) is -1.89. The van der Waals surface area contributed by atoms with Crippen LogP contribution < -0.4 is 0 Å². The van der Waals surface area contributed by atoms with Crippen LogP contribution in [0.4, 0.5) is 53.5 Å². The van der Waals surface area contributed by atoms with Gasteiger partial charge < -0.3 is 20.4 Å². The van der Waals surface area contributed by atoms with Gasteiger partial charge in [0.1, 0.15) is 28.2 Å². The van der Waals surface area contributed by atoms with Crippen LogP contribution in [0.3, 0.4) is 0 Å². The monoisotopic (exact) mass is 1560 g/mol. The number of aryl methyl sites for hydroxylation is 3. The Morgan fingerprint density at radius 2 is 0.721 bits per heavy atom. The molecule has 0 spiro atoms. The van der Waals surface area contributed by atoms with E-state index in [1.54, 1.807) is 58.2 Å². The van der Waals surface area contributed by atoms with Crippen LogP contribution in [0.2, 0.25) is 10.0 Å². The standard InChI is InChI=1S/C21H18F3N3O2.2C20H18ClN3O2.C20H15F4N3O2.CH4/c1-13-4-7-18-15(8-13)11-26-27(18)12-20(2,29)19(28)10-14-5-6-17(25-3)16(9-14)21(22,23)24;1-13-4-7-18-15(8-13)11-23-24(18)12-20(2,26)19(25)10-14-5-6-17(22-3)16(21)9-14;1-13-4-6-17-15(8-13)11-24(23-17)12-20(2,26)19(25)10-14-5-7-18(22-3)16(21)9-14;1-19(29,11-27-10-13-9-14(21)4-6-16(13)26-27)18(28)8-12-3-5-17(25-2)15(7-12)20(22,23)24;/h4-9,11,29H,10,12H2,1-2H3;2*4-9,11,26H,10,12H2,1-2H3;3-7,9-10,29H,8,11H2,1H3;1H4/t3*20-;19-;/m0000./s1. The second-order valence-electron chi connectivity index (χ2n) is 27.4. The first-order valence-electron chi connectivity index (χ1n) is 33.5. The molecule has 4 heterocycles. The highest BCUT2D eigenvalue weighted by molar-refractivity contribution is 6.33. The predicted molar refractivity (Wildman–Crippen MR) is 408 cm³/mol. The van der Waals surface area contributed by atoms with Crippen molar-refractivity contribution in [2.45, 2.75) is 143 Å². The van der Waals surface area contributed by atoms with Gasteiger partial charge in [-0.1, -0.05) is 138 Å². The highest BCUT2D eigenvalue weighted by Gasteiger charge is 2.38. The highest BCUT2D eigenvalue weighted by atomic mass is 35.5. The second kappa shape index (κ2) is 34.4. The molecule has 111 heavy (non-hydrogen) atoms. The summed E-state index contributed by atoms with van der Waals surface area (Å²) in [5.74, 6) is -2.48. The van der Waals surface area contributed by atoms with Crippen LogP contribution in [0.25, 0.3) is 63.0 Å². The van der Waals surface area contributed by atoms with Crippen LogP contribution >= 0.6 is 23.2 Å². The lowest BCUT2D eigenvalue weighted by Gasteiger charge is -2.22. The van der Waals surface area contributed by atoms with E-state index in [0.29, 0.717) is 43.4 Å². The number of alkyl halides is 6. The fourth-order valence-corrected chi connectivity index (χ4v) is 12.2. The van der Waals surface area contributed by atoms with Gasteiger partial charge in [-0.05, 0) is 125 Å². The number of carbonyl (C=O) groups is 4. The quantitative estimate of drug-likeness (QED) is 0.0412. The van der Waals surface area contributed by atoms with Crippen molar-refractivity contribution in [2.75, 3.05) is 0 Å². The number of ketones is 4. The summed E-state index contributed by atoms with van der Waals surface area (Å²) >= 11 is 12.0. The molecule has 12 aromatic rings. The fourth-order valence-electron chi connectivity index (χ4n) is 11.7. The third kappa shape index (κ3) is 21.4. The number of fused-ring (bicyclic) bond motifs is 4. The van der Waals surface area contributed by atoms with Gasteiger partial charge in [0.15, 0.2) is 34.5 Å². The van der Waals surface area contributed by atoms with E-state index in [1.165, 1.54) is 73.6 Å². The number of aliphatic hydroxyl groups is 4. The number of aromatic nitrogens is 8. The molecule has 0 aliphatic carbocycles. The number of benzene rings is 8. The van der Waals surface area contributed by atoms with Crippen LogP contribution in [-0.2, 0) is 83.4 Å². The number of nitrogens with zero attached hydrogens (tertiary/aromatic N) is 12. The molecule has 0 aliphatic heterocycles. The maximum absolute atomic E-state index is 13.3. The Hall–Kier alpha value is -11.8.